The number of rotatable bonds is 3. The van der Waals surface area contributed by atoms with Crippen LogP contribution in [0.3, 0.4) is 0 Å². The summed E-state index contributed by atoms with van der Waals surface area (Å²) in [5.74, 6) is 0.204. The Morgan fingerprint density at radius 1 is 1.50 bits per heavy atom. The summed E-state index contributed by atoms with van der Waals surface area (Å²) < 4.78 is 5.80. The number of carbonyl (C=O) groups is 1. The zero-order valence-corrected chi connectivity index (χ0v) is 9.35. The maximum atomic E-state index is 10.8. The summed E-state index contributed by atoms with van der Waals surface area (Å²) in [5, 5.41) is 8.91. The highest BCUT2D eigenvalue weighted by molar-refractivity contribution is 5.68. The predicted octanol–water partition coefficient (Wildman–Crippen LogP) is 2.81. The molecule has 0 aliphatic carbocycles. The Labute approximate surface area is 95.0 Å². The molecule has 0 saturated carbocycles. The number of carboxylic acids is 1. The minimum absolute atomic E-state index is 0.0902. The van der Waals surface area contributed by atoms with Gasteiger partial charge in [-0.1, -0.05) is 25.1 Å². The van der Waals surface area contributed by atoms with Gasteiger partial charge in [0.1, 0.15) is 5.75 Å². The van der Waals surface area contributed by atoms with Crippen molar-refractivity contribution < 1.29 is 14.6 Å². The fourth-order valence-corrected chi connectivity index (χ4v) is 2.25. The van der Waals surface area contributed by atoms with Crippen molar-refractivity contribution in [2.45, 2.75) is 38.2 Å². The molecule has 1 aliphatic heterocycles. The van der Waals surface area contributed by atoms with Crippen LogP contribution < -0.4 is 4.74 Å². The first-order chi connectivity index (χ1) is 7.70. The van der Waals surface area contributed by atoms with Gasteiger partial charge in [0.25, 0.3) is 0 Å². The number of aliphatic carboxylic acids is 1. The second kappa shape index (κ2) is 4.56. The number of hydrogen-bond acceptors (Lipinski definition) is 2. The van der Waals surface area contributed by atoms with E-state index >= 15 is 0 Å². The number of ether oxygens (including phenoxy) is 1. The first-order valence-electron chi connectivity index (χ1n) is 5.68. The summed E-state index contributed by atoms with van der Waals surface area (Å²) in [7, 11) is 0. The molecule has 0 spiro atoms. The molecule has 2 unspecified atom stereocenters. The highest BCUT2D eigenvalue weighted by Crippen LogP contribution is 2.38. The van der Waals surface area contributed by atoms with Crippen molar-refractivity contribution in [3.63, 3.8) is 0 Å². The van der Waals surface area contributed by atoms with Gasteiger partial charge in [-0.05, 0) is 24.5 Å². The Hall–Kier alpha value is -1.51. The van der Waals surface area contributed by atoms with Crippen LogP contribution in [0, 0.1) is 0 Å². The van der Waals surface area contributed by atoms with E-state index in [4.69, 9.17) is 9.84 Å². The molecule has 86 valence electrons. The zero-order valence-electron chi connectivity index (χ0n) is 9.35. The quantitative estimate of drug-likeness (QED) is 0.852. The molecule has 1 aliphatic rings. The first-order valence-corrected chi connectivity index (χ1v) is 5.68. The molecular weight excluding hydrogens is 204 g/mol. The van der Waals surface area contributed by atoms with Crippen molar-refractivity contribution in [1.82, 2.24) is 0 Å². The lowest BCUT2D eigenvalue weighted by Gasteiger charge is -2.31. The summed E-state index contributed by atoms with van der Waals surface area (Å²) in [6, 6.07) is 7.75. The van der Waals surface area contributed by atoms with Gasteiger partial charge in [-0.3, -0.25) is 4.79 Å². The number of para-hydroxylation sites is 1. The van der Waals surface area contributed by atoms with Crippen molar-refractivity contribution in [1.29, 1.82) is 0 Å². The Balaban J connectivity index is 2.27. The molecule has 3 heteroatoms. The Morgan fingerprint density at radius 2 is 2.25 bits per heavy atom. The van der Waals surface area contributed by atoms with Crippen LogP contribution in [0.4, 0.5) is 0 Å². The van der Waals surface area contributed by atoms with Crippen molar-refractivity contribution in [2.24, 2.45) is 0 Å². The van der Waals surface area contributed by atoms with E-state index in [9.17, 15) is 4.79 Å². The normalized spacial score (nSPS) is 23.3. The van der Waals surface area contributed by atoms with Crippen molar-refractivity contribution in [2.75, 3.05) is 0 Å². The van der Waals surface area contributed by atoms with Gasteiger partial charge in [0.2, 0.25) is 0 Å². The van der Waals surface area contributed by atoms with Crippen LogP contribution in [0.5, 0.6) is 5.75 Å². The van der Waals surface area contributed by atoms with E-state index in [1.165, 1.54) is 0 Å². The summed E-state index contributed by atoms with van der Waals surface area (Å²) in [5.41, 5.74) is 1.04. The number of benzene rings is 1. The first kappa shape index (κ1) is 11.0. The van der Waals surface area contributed by atoms with Gasteiger partial charge in [0, 0.05) is 5.92 Å². The maximum Gasteiger partial charge on any atom is 0.303 e. The topological polar surface area (TPSA) is 46.5 Å². The molecule has 0 aromatic heterocycles. The molecule has 0 fully saturated rings. The fraction of sp³-hybridized carbons (Fsp3) is 0.462. The van der Waals surface area contributed by atoms with E-state index in [1.54, 1.807) is 0 Å². The van der Waals surface area contributed by atoms with Crippen molar-refractivity contribution in [3.05, 3.63) is 29.8 Å². The standard InChI is InChI=1S/C13H16O3/c1-2-10-7-9(8-13(14)15)11-5-3-4-6-12(11)16-10/h3-6,9-10H,2,7-8H2,1H3,(H,14,15). The van der Waals surface area contributed by atoms with Gasteiger partial charge in [-0.25, -0.2) is 0 Å². The van der Waals surface area contributed by atoms with Crippen LogP contribution in [0.15, 0.2) is 24.3 Å². The third kappa shape index (κ3) is 2.18. The smallest absolute Gasteiger partial charge is 0.303 e. The van der Waals surface area contributed by atoms with E-state index in [1.807, 2.05) is 24.3 Å². The molecule has 2 rings (SSSR count). The van der Waals surface area contributed by atoms with Crippen LogP contribution in [0.25, 0.3) is 0 Å². The van der Waals surface area contributed by atoms with Crippen molar-refractivity contribution in [3.8, 4) is 5.75 Å². The lowest BCUT2D eigenvalue weighted by atomic mass is 9.86. The van der Waals surface area contributed by atoms with E-state index < -0.39 is 5.97 Å². The molecule has 0 radical (unpaired) electrons. The monoisotopic (exact) mass is 220 g/mol. The van der Waals surface area contributed by atoms with E-state index in [0.717, 1.165) is 24.2 Å². The third-order valence-corrected chi connectivity index (χ3v) is 3.08. The van der Waals surface area contributed by atoms with E-state index in [0.29, 0.717) is 0 Å². The Bertz CT molecular complexity index is 387. The van der Waals surface area contributed by atoms with E-state index in [2.05, 4.69) is 6.92 Å². The van der Waals surface area contributed by atoms with Crippen LogP contribution in [0.2, 0.25) is 0 Å². The molecule has 16 heavy (non-hydrogen) atoms. The van der Waals surface area contributed by atoms with Gasteiger partial charge in [0.15, 0.2) is 0 Å². The van der Waals surface area contributed by atoms with Crippen LogP contribution in [-0.4, -0.2) is 17.2 Å². The zero-order chi connectivity index (χ0) is 11.5. The summed E-state index contributed by atoms with van der Waals surface area (Å²) in [4.78, 5) is 10.8. The molecule has 1 heterocycles. The molecule has 0 saturated heterocycles. The number of fused-ring (bicyclic) bond motifs is 1. The molecule has 1 N–H and O–H groups in total. The van der Waals surface area contributed by atoms with Gasteiger partial charge in [-0.15, -0.1) is 0 Å². The Morgan fingerprint density at radius 3 is 2.94 bits per heavy atom. The highest BCUT2D eigenvalue weighted by atomic mass is 16.5. The van der Waals surface area contributed by atoms with E-state index in [-0.39, 0.29) is 18.4 Å². The van der Waals surface area contributed by atoms with Crippen LogP contribution in [-0.2, 0) is 4.79 Å². The van der Waals surface area contributed by atoms with Gasteiger partial charge < -0.3 is 9.84 Å². The van der Waals surface area contributed by atoms with Gasteiger partial charge in [-0.2, -0.15) is 0 Å². The van der Waals surface area contributed by atoms with Crippen molar-refractivity contribution >= 4 is 5.97 Å². The average Bonchev–Trinajstić information content (AvgIpc) is 2.28. The molecule has 0 amide bonds. The minimum Gasteiger partial charge on any atom is -0.490 e. The molecular formula is C13H16O3. The lowest BCUT2D eigenvalue weighted by Crippen LogP contribution is -2.26. The fourth-order valence-electron chi connectivity index (χ4n) is 2.25. The van der Waals surface area contributed by atoms with Crippen LogP contribution >= 0.6 is 0 Å². The SMILES string of the molecule is CCC1CC(CC(=O)O)c2ccccc2O1. The number of hydrogen-bond donors (Lipinski definition) is 1. The molecule has 0 bridgehead atoms. The molecule has 3 nitrogen and oxygen atoms in total. The largest absolute Gasteiger partial charge is 0.490 e. The van der Waals surface area contributed by atoms with Gasteiger partial charge in [0.05, 0.1) is 12.5 Å². The molecule has 1 aromatic carbocycles. The third-order valence-electron chi connectivity index (χ3n) is 3.08. The highest BCUT2D eigenvalue weighted by Gasteiger charge is 2.28. The average molecular weight is 220 g/mol. The molecule has 1 aromatic rings. The van der Waals surface area contributed by atoms with Gasteiger partial charge >= 0.3 is 5.97 Å². The predicted molar refractivity (Wildman–Crippen MR) is 60.8 cm³/mol. The minimum atomic E-state index is -0.739. The molecule has 2 atom stereocenters. The second-order valence-corrected chi connectivity index (χ2v) is 4.22. The lowest BCUT2D eigenvalue weighted by molar-refractivity contribution is -0.137. The number of carboxylic acid groups (broad SMARTS) is 1. The summed E-state index contributed by atoms with van der Waals surface area (Å²) in [6.07, 6.45) is 2.07. The maximum absolute atomic E-state index is 10.8. The summed E-state index contributed by atoms with van der Waals surface area (Å²) in [6.45, 7) is 2.07. The Kier molecular flexibility index (Phi) is 3.13. The second-order valence-electron chi connectivity index (χ2n) is 4.22. The van der Waals surface area contributed by atoms with Crippen LogP contribution in [0.1, 0.15) is 37.7 Å². The summed E-state index contributed by atoms with van der Waals surface area (Å²) >= 11 is 0.